The second-order valence-electron chi connectivity index (χ2n) is 5.72. The third-order valence-corrected chi connectivity index (χ3v) is 3.16. The lowest BCUT2D eigenvalue weighted by Crippen LogP contribution is -2.39. The molecule has 0 aliphatic heterocycles. The number of rotatable bonds is 9. The van der Waals surface area contributed by atoms with Gasteiger partial charge in [0.05, 0.1) is 12.7 Å². The highest BCUT2D eigenvalue weighted by molar-refractivity contribution is 5.78. The van der Waals surface area contributed by atoms with Crippen LogP contribution >= 0.6 is 0 Å². The molecule has 1 aromatic carbocycles. The second-order valence-corrected chi connectivity index (χ2v) is 5.72. The zero-order valence-electron chi connectivity index (χ0n) is 12.8. The van der Waals surface area contributed by atoms with Gasteiger partial charge in [0.2, 0.25) is 5.91 Å². The first-order valence-electron chi connectivity index (χ1n) is 7.33. The molecule has 1 rings (SSSR count). The van der Waals surface area contributed by atoms with Crippen LogP contribution in [0.5, 0.6) is 0 Å². The van der Waals surface area contributed by atoms with Crippen molar-refractivity contribution in [1.82, 2.24) is 5.43 Å². The molecule has 1 amide bonds. The van der Waals surface area contributed by atoms with Crippen LogP contribution in [-0.2, 0) is 16.0 Å². The van der Waals surface area contributed by atoms with Gasteiger partial charge in [-0.25, -0.2) is 5.84 Å². The number of hydrogen-bond acceptors (Lipinski definition) is 4. The summed E-state index contributed by atoms with van der Waals surface area (Å²) in [7, 11) is 0. The molecule has 0 saturated carbocycles. The Morgan fingerprint density at radius 1 is 1.29 bits per heavy atom. The number of carbonyl (C=O) groups excluding carboxylic acids is 1. The summed E-state index contributed by atoms with van der Waals surface area (Å²) >= 11 is 0. The summed E-state index contributed by atoms with van der Waals surface area (Å²) in [6.45, 7) is 4.93. The highest BCUT2D eigenvalue weighted by Gasteiger charge is 2.22. The van der Waals surface area contributed by atoms with Crippen molar-refractivity contribution in [3.63, 3.8) is 0 Å². The Balaban J connectivity index is 2.52. The molecule has 0 aromatic heterocycles. The van der Waals surface area contributed by atoms with Gasteiger partial charge in [-0.2, -0.15) is 0 Å². The normalized spacial score (nSPS) is 14.0. The lowest BCUT2D eigenvalue weighted by molar-refractivity contribution is -0.126. The van der Waals surface area contributed by atoms with Crippen LogP contribution in [0.1, 0.15) is 25.8 Å². The average molecular weight is 294 g/mol. The van der Waals surface area contributed by atoms with E-state index in [1.54, 1.807) is 0 Å². The smallest absolute Gasteiger partial charge is 0.237 e. The van der Waals surface area contributed by atoms with Crippen LogP contribution in [0.3, 0.4) is 0 Å². The molecule has 0 unspecified atom stereocenters. The van der Waals surface area contributed by atoms with Crippen LogP contribution in [0.25, 0.3) is 0 Å². The first kappa shape index (κ1) is 17.6. The predicted octanol–water partition coefficient (Wildman–Crippen LogP) is 1.26. The van der Waals surface area contributed by atoms with Gasteiger partial charge < -0.3 is 9.84 Å². The van der Waals surface area contributed by atoms with Gasteiger partial charge in [0.1, 0.15) is 0 Å². The fourth-order valence-electron chi connectivity index (χ4n) is 2.14. The van der Waals surface area contributed by atoms with Gasteiger partial charge in [-0.1, -0.05) is 44.2 Å². The van der Waals surface area contributed by atoms with Crippen molar-refractivity contribution in [3.05, 3.63) is 35.9 Å². The van der Waals surface area contributed by atoms with Gasteiger partial charge in [-0.05, 0) is 24.3 Å². The molecular weight excluding hydrogens is 268 g/mol. The fourth-order valence-corrected chi connectivity index (χ4v) is 2.14. The molecule has 118 valence electrons. The quantitative estimate of drug-likeness (QED) is 0.364. The van der Waals surface area contributed by atoms with E-state index in [0.717, 1.165) is 5.56 Å². The maximum atomic E-state index is 11.8. The predicted molar refractivity (Wildman–Crippen MR) is 82.2 cm³/mol. The molecule has 1 aromatic rings. The molecule has 4 N–H and O–H groups in total. The fraction of sp³-hybridized carbons (Fsp3) is 0.562. The van der Waals surface area contributed by atoms with Crippen molar-refractivity contribution in [1.29, 1.82) is 0 Å². The lowest BCUT2D eigenvalue weighted by Gasteiger charge is -2.19. The Hall–Kier alpha value is -1.43. The third kappa shape index (κ3) is 7.22. The zero-order chi connectivity index (χ0) is 15.7. The minimum atomic E-state index is -0.672. The van der Waals surface area contributed by atoms with E-state index in [4.69, 9.17) is 10.6 Å². The van der Waals surface area contributed by atoms with E-state index in [1.807, 2.05) is 44.2 Å². The molecule has 0 saturated heterocycles. The summed E-state index contributed by atoms with van der Waals surface area (Å²) in [4.78, 5) is 11.8. The van der Waals surface area contributed by atoms with Gasteiger partial charge in [-0.3, -0.25) is 10.2 Å². The number of hydrazine groups is 1. The molecule has 0 heterocycles. The average Bonchev–Trinajstić information content (AvgIpc) is 2.46. The molecular formula is C16H26N2O3. The molecule has 0 aliphatic carbocycles. The first-order chi connectivity index (χ1) is 10.0. The van der Waals surface area contributed by atoms with Gasteiger partial charge in [0.15, 0.2) is 0 Å². The highest BCUT2D eigenvalue weighted by Crippen LogP contribution is 2.15. The van der Waals surface area contributed by atoms with Crippen LogP contribution in [0.15, 0.2) is 30.3 Å². The van der Waals surface area contributed by atoms with Crippen LogP contribution in [0, 0.1) is 11.8 Å². The first-order valence-corrected chi connectivity index (χ1v) is 7.33. The Bertz CT molecular complexity index is 409. The van der Waals surface area contributed by atoms with Crippen LogP contribution in [0.2, 0.25) is 0 Å². The van der Waals surface area contributed by atoms with Gasteiger partial charge in [0.25, 0.3) is 0 Å². The number of carbonyl (C=O) groups is 1. The van der Waals surface area contributed by atoms with Crippen molar-refractivity contribution in [2.24, 2.45) is 17.7 Å². The molecule has 0 spiro atoms. The Labute approximate surface area is 126 Å². The number of aliphatic hydroxyl groups excluding tert-OH is 1. The Morgan fingerprint density at radius 3 is 2.52 bits per heavy atom. The number of benzene rings is 1. The van der Waals surface area contributed by atoms with Crippen molar-refractivity contribution >= 4 is 5.91 Å². The summed E-state index contributed by atoms with van der Waals surface area (Å²) in [5.74, 6) is 5.02. The molecule has 0 aliphatic rings. The Morgan fingerprint density at radius 2 is 1.95 bits per heavy atom. The topological polar surface area (TPSA) is 84.6 Å². The van der Waals surface area contributed by atoms with Gasteiger partial charge in [0, 0.05) is 12.5 Å². The molecule has 2 atom stereocenters. The largest absolute Gasteiger partial charge is 0.391 e. The van der Waals surface area contributed by atoms with Crippen LogP contribution in [0.4, 0.5) is 0 Å². The second kappa shape index (κ2) is 9.50. The van der Waals surface area contributed by atoms with E-state index < -0.39 is 6.10 Å². The number of aliphatic hydroxyl groups is 1. The zero-order valence-corrected chi connectivity index (χ0v) is 12.8. The Kier molecular flexibility index (Phi) is 7.97. The maximum Gasteiger partial charge on any atom is 0.237 e. The molecule has 0 radical (unpaired) electrons. The van der Waals surface area contributed by atoms with E-state index >= 15 is 0 Å². The van der Waals surface area contributed by atoms with E-state index in [9.17, 15) is 9.90 Å². The molecule has 0 fully saturated rings. The number of nitrogens with two attached hydrogens (primary N) is 1. The van der Waals surface area contributed by atoms with Crippen molar-refractivity contribution in [2.45, 2.75) is 32.8 Å². The third-order valence-electron chi connectivity index (χ3n) is 3.16. The van der Waals surface area contributed by atoms with E-state index in [-0.39, 0.29) is 18.4 Å². The molecule has 5 nitrogen and oxygen atoms in total. The summed E-state index contributed by atoms with van der Waals surface area (Å²) in [6.07, 6.45) is 0.205. The van der Waals surface area contributed by atoms with E-state index in [2.05, 4.69) is 5.43 Å². The monoisotopic (exact) mass is 294 g/mol. The molecule has 21 heavy (non-hydrogen) atoms. The number of nitrogens with one attached hydrogen (secondary N) is 1. The minimum absolute atomic E-state index is 0.237. The van der Waals surface area contributed by atoms with Gasteiger partial charge in [-0.15, -0.1) is 0 Å². The standard InChI is InChI=1S/C16H26N2O3/c1-12(2)10-21-11-15(19)9-14(16(20)18-17)8-13-6-4-3-5-7-13/h3-7,12,14-15,19H,8-11,17H2,1-2H3,(H,18,20)/t14-,15-/m1/s1. The number of ether oxygens (including phenoxy) is 1. The summed E-state index contributed by atoms with van der Waals surface area (Å²) in [5.41, 5.74) is 3.22. The maximum absolute atomic E-state index is 11.8. The van der Waals surface area contributed by atoms with Gasteiger partial charge >= 0.3 is 0 Å². The summed E-state index contributed by atoms with van der Waals surface area (Å²) in [5, 5.41) is 10.0. The van der Waals surface area contributed by atoms with E-state index in [0.29, 0.717) is 25.4 Å². The number of amides is 1. The molecule has 5 heteroatoms. The molecule has 0 bridgehead atoms. The SMILES string of the molecule is CC(C)COC[C@H](O)C[C@@H](Cc1ccccc1)C(=O)NN. The summed E-state index contributed by atoms with van der Waals surface area (Å²) < 4.78 is 5.41. The lowest BCUT2D eigenvalue weighted by atomic mass is 9.93. The summed E-state index contributed by atoms with van der Waals surface area (Å²) in [6, 6.07) is 9.69. The van der Waals surface area contributed by atoms with Crippen LogP contribution < -0.4 is 11.3 Å². The van der Waals surface area contributed by atoms with Crippen molar-refractivity contribution < 1.29 is 14.6 Å². The minimum Gasteiger partial charge on any atom is -0.391 e. The number of hydrogen-bond donors (Lipinski definition) is 3. The highest BCUT2D eigenvalue weighted by atomic mass is 16.5. The van der Waals surface area contributed by atoms with Crippen molar-refractivity contribution in [3.8, 4) is 0 Å². The van der Waals surface area contributed by atoms with Crippen molar-refractivity contribution in [2.75, 3.05) is 13.2 Å². The van der Waals surface area contributed by atoms with E-state index in [1.165, 1.54) is 0 Å². The van der Waals surface area contributed by atoms with Crippen LogP contribution in [-0.4, -0.2) is 30.3 Å².